The molecule has 0 bridgehead atoms. The number of carbonyl (C=O) groups is 2. The van der Waals surface area contributed by atoms with Gasteiger partial charge in [0.2, 0.25) is 0 Å². The number of carboxylic acids is 1. The zero-order chi connectivity index (χ0) is 14.9. The molecule has 1 amide bonds. The number of aromatic nitrogens is 1. The molecule has 1 fully saturated rings. The van der Waals surface area contributed by atoms with E-state index in [9.17, 15) is 14.7 Å². The van der Waals surface area contributed by atoms with E-state index in [1.54, 1.807) is 0 Å². The van der Waals surface area contributed by atoms with Crippen LogP contribution in [0.5, 0.6) is 0 Å². The van der Waals surface area contributed by atoms with Gasteiger partial charge in [-0.05, 0) is 24.8 Å². The molecule has 108 valence electrons. The van der Waals surface area contributed by atoms with Gasteiger partial charge in [0, 0.05) is 12.7 Å². The molecular weight excluding hydrogens is 303 g/mol. The maximum Gasteiger partial charge on any atom is 0.326 e. The Kier molecular flexibility index (Phi) is 4.50. The number of aliphatic carboxylic acids is 1. The van der Waals surface area contributed by atoms with Crippen molar-refractivity contribution < 1.29 is 14.7 Å². The first-order valence-electron chi connectivity index (χ1n) is 6.25. The summed E-state index contributed by atoms with van der Waals surface area (Å²) in [7, 11) is 0. The Labute approximate surface area is 126 Å². The van der Waals surface area contributed by atoms with E-state index in [-0.39, 0.29) is 27.6 Å². The second-order valence-electron chi connectivity index (χ2n) is 4.98. The first kappa shape index (κ1) is 15.1. The number of piperidine rings is 1. The second-order valence-corrected chi connectivity index (χ2v) is 5.74. The molecule has 0 aromatic carbocycles. The standard InChI is InChI=1S/C13H14Cl2N2O3/c1-7-2-3-17(10(4-7)13(19)20)12(18)8-5-9(14)11(15)16-6-8/h5-7,10H,2-4H2,1H3,(H,19,20). The predicted molar refractivity (Wildman–Crippen MR) is 75.1 cm³/mol. The van der Waals surface area contributed by atoms with E-state index in [4.69, 9.17) is 23.2 Å². The van der Waals surface area contributed by atoms with E-state index in [0.29, 0.717) is 13.0 Å². The van der Waals surface area contributed by atoms with Gasteiger partial charge in [-0.1, -0.05) is 30.1 Å². The van der Waals surface area contributed by atoms with E-state index in [1.165, 1.54) is 17.2 Å². The molecule has 1 aliphatic heterocycles. The molecule has 20 heavy (non-hydrogen) atoms. The minimum absolute atomic E-state index is 0.116. The SMILES string of the molecule is CC1CCN(C(=O)c2cnc(Cl)c(Cl)c2)C(C(=O)O)C1. The molecule has 1 aromatic heterocycles. The Balaban J connectivity index is 2.26. The van der Waals surface area contributed by atoms with Crippen LogP contribution in [-0.2, 0) is 4.79 Å². The van der Waals surface area contributed by atoms with Crippen molar-refractivity contribution in [3.8, 4) is 0 Å². The molecule has 1 saturated heterocycles. The van der Waals surface area contributed by atoms with Gasteiger partial charge in [-0.2, -0.15) is 0 Å². The minimum atomic E-state index is -0.988. The third kappa shape index (κ3) is 3.04. The lowest BCUT2D eigenvalue weighted by Crippen LogP contribution is -2.49. The first-order valence-corrected chi connectivity index (χ1v) is 7.00. The molecule has 7 heteroatoms. The zero-order valence-electron chi connectivity index (χ0n) is 10.8. The Morgan fingerprint density at radius 2 is 2.15 bits per heavy atom. The smallest absolute Gasteiger partial charge is 0.326 e. The van der Waals surface area contributed by atoms with Crippen molar-refractivity contribution >= 4 is 35.1 Å². The number of pyridine rings is 1. The van der Waals surface area contributed by atoms with Crippen LogP contribution in [0.4, 0.5) is 0 Å². The largest absolute Gasteiger partial charge is 0.480 e. The topological polar surface area (TPSA) is 70.5 Å². The molecule has 0 radical (unpaired) electrons. The average Bonchev–Trinajstić information content (AvgIpc) is 2.41. The number of carbonyl (C=O) groups excluding carboxylic acids is 1. The summed E-state index contributed by atoms with van der Waals surface area (Å²) in [5.74, 6) is -1.08. The number of likely N-dealkylation sites (tertiary alicyclic amines) is 1. The van der Waals surface area contributed by atoms with Gasteiger partial charge in [0.05, 0.1) is 10.6 Å². The fraction of sp³-hybridized carbons (Fsp3) is 0.462. The fourth-order valence-corrected chi connectivity index (χ4v) is 2.59. The summed E-state index contributed by atoms with van der Waals surface area (Å²) in [4.78, 5) is 28.9. The maximum atomic E-state index is 12.4. The van der Waals surface area contributed by atoms with Crippen LogP contribution in [0.3, 0.4) is 0 Å². The molecule has 0 saturated carbocycles. The predicted octanol–water partition coefficient (Wildman–Crippen LogP) is 2.71. The molecule has 5 nitrogen and oxygen atoms in total. The minimum Gasteiger partial charge on any atom is -0.480 e. The van der Waals surface area contributed by atoms with Gasteiger partial charge in [-0.3, -0.25) is 4.79 Å². The zero-order valence-corrected chi connectivity index (χ0v) is 12.4. The Morgan fingerprint density at radius 3 is 2.75 bits per heavy atom. The van der Waals surface area contributed by atoms with E-state index < -0.39 is 12.0 Å². The summed E-state index contributed by atoms with van der Waals surface area (Å²) in [5.41, 5.74) is 0.250. The van der Waals surface area contributed by atoms with Gasteiger partial charge >= 0.3 is 5.97 Å². The lowest BCUT2D eigenvalue weighted by molar-refractivity contribution is -0.144. The van der Waals surface area contributed by atoms with Crippen LogP contribution in [-0.4, -0.2) is 39.5 Å². The third-order valence-corrected chi connectivity index (χ3v) is 4.14. The summed E-state index contributed by atoms with van der Waals surface area (Å²) >= 11 is 11.5. The van der Waals surface area contributed by atoms with Gasteiger partial charge in [0.25, 0.3) is 5.91 Å². The van der Waals surface area contributed by atoms with E-state index in [0.717, 1.165) is 6.42 Å². The Morgan fingerprint density at radius 1 is 1.45 bits per heavy atom. The average molecular weight is 317 g/mol. The van der Waals surface area contributed by atoms with Crippen molar-refractivity contribution in [3.63, 3.8) is 0 Å². The van der Waals surface area contributed by atoms with Crippen LogP contribution in [0.15, 0.2) is 12.3 Å². The lowest BCUT2D eigenvalue weighted by Gasteiger charge is -2.36. The first-order chi connectivity index (χ1) is 9.40. The number of hydrogen-bond acceptors (Lipinski definition) is 3. The fourth-order valence-electron chi connectivity index (χ4n) is 2.32. The summed E-state index contributed by atoms with van der Waals surface area (Å²) in [6.07, 6.45) is 2.55. The summed E-state index contributed by atoms with van der Waals surface area (Å²) in [6.45, 7) is 2.40. The second kappa shape index (κ2) is 5.97. The van der Waals surface area contributed by atoms with Crippen molar-refractivity contribution in [1.82, 2.24) is 9.88 Å². The molecule has 2 heterocycles. The highest BCUT2D eigenvalue weighted by Crippen LogP contribution is 2.26. The molecule has 0 aliphatic carbocycles. The highest BCUT2D eigenvalue weighted by Gasteiger charge is 2.35. The van der Waals surface area contributed by atoms with Gasteiger partial charge < -0.3 is 10.0 Å². The molecular formula is C13H14Cl2N2O3. The van der Waals surface area contributed by atoms with E-state index in [2.05, 4.69) is 4.98 Å². The van der Waals surface area contributed by atoms with Crippen molar-refractivity contribution in [2.45, 2.75) is 25.8 Å². The lowest BCUT2D eigenvalue weighted by atomic mass is 9.92. The van der Waals surface area contributed by atoms with Crippen LogP contribution in [0.1, 0.15) is 30.1 Å². The van der Waals surface area contributed by atoms with Crippen molar-refractivity contribution in [3.05, 3.63) is 28.0 Å². The van der Waals surface area contributed by atoms with Gasteiger partial charge in [-0.15, -0.1) is 0 Å². The van der Waals surface area contributed by atoms with Crippen LogP contribution in [0, 0.1) is 5.92 Å². The van der Waals surface area contributed by atoms with Crippen LogP contribution in [0.2, 0.25) is 10.2 Å². The van der Waals surface area contributed by atoms with Crippen LogP contribution < -0.4 is 0 Å². The highest BCUT2D eigenvalue weighted by atomic mass is 35.5. The van der Waals surface area contributed by atoms with Gasteiger partial charge in [0.15, 0.2) is 0 Å². The monoisotopic (exact) mass is 316 g/mol. The van der Waals surface area contributed by atoms with Crippen LogP contribution >= 0.6 is 23.2 Å². The molecule has 0 spiro atoms. The van der Waals surface area contributed by atoms with Crippen molar-refractivity contribution in [2.75, 3.05) is 6.54 Å². The van der Waals surface area contributed by atoms with Crippen molar-refractivity contribution in [1.29, 1.82) is 0 Å². The van der Waals surface area contributed by atoms with E-state index in [1.807, 2.05) is 6.92 Å². The summed E-state index contributed by atoms with van der Waals surface area (Å²) in [6, 6.07) is 0.608. The van der Waals surface area contributed by atoms with Crippen molar-refractivity contribution in [2.24, 2.45) is 5.92 Å². The number of nitrogens with zero attached hydrogens (tertiary/aromatic N) is 2. The van der Waals surface area contributed by atoms with Crippen LogP contribution in [0.25, 0.3) is 0 Å². The van der Waals surface area contributed by atoms with E-state index >= 15 is 0 Å². The van der Waals surface area contributed by atoms with Gasteiger partial charge in [0.1, 0.15) is 11.2 Å². The number of hydrogen-bond donors (Lipinski definition) is 1. The third-order valence-electron chi connectivity index (χ3n) is 3.45. The molecule has 1 aliphatic rings. The Bertz CT molecular complexity index is 550. The molecule has 2 unspecified atom stereocenters. The van der Waals surface area contributed by atoms with Gasteiger partial charge in [-0.25, -0.2) is 9.78 Å². The number of halogens is 2. The molecule has 1 N–H and O–H groups in total. The molecule has 1 aromatic rings. The normalized spacial score (nSPS) is 22.6. The molecule has 2 atom stereocenters. The summed E-state index contributed by atoms with van der Waals surface area (Å²) < 4.78 is 0. The maximum absolute atomic E-state index is 12.4. The molecule has 2 rings (SSSR count). The highest BCUT2D eigenvalue weighted by molar-refractivity contribution is 6.41. The number of rotatable bonds is 2. The number of amides is 1. The quantitative estimate of drug-likeness (QED) is 0.852. The Hall–Kier alpha value is -1.33. The number of carboxylic acid groups (broad SMARTS) is 1. The summed E-state index contributed by atoms with van der Waals surface area (Å²) in [5, 5.41) is 9.56.